The Morgan fingerprint density at radius 1 is 0.854 bits per heavy atom. The van der Waals surface area contributed by atoms with E-state index < -0.39 is 10.0 Å². The highest BCUT2D eigenvalue weighted by Gasteiger charge is 2.32. The fourth-order valence-corrected chi connectivity index (χ4v) is 6.96. The highest BCUT2D eigenvalue weighted by molar-refractivity contribution is 9.10. The predicted octanol–water partition coefficient (Wildman–Crippen LogP) is 5.87. The average molecular weight is 635 g/mol. The van der Waals surface area contributed by atoms with Crippen molar-refractivity contribution >= 4 is 37.5 Å². The van der Waals surface area contributed by atoms with Crippen LogP contribution in [0.2, 0.25) is 0 Å². The van der Waals surface area contributed by atoms with Crippen LogP contribution in [0.3, 0.4) is 0 Å². The Kier molecular flexibility index (Phi) is 9.19. The number of nitrogens with one attached hydrogen (secondary N) is 1. The van der Waals surface area contributed by atoms with Crippen molar-refractivity contribution in [2.45, 2.75) is 17.9 Å². The van der Waals surface area contributed by atoms with Crippen LogP contribution in [0.5, 0.6) is 5.75 Å². The summed E-state index contributed by atoms with van der Waals surface area (Å²) in [6.45, 7) is 3.76. The van der Waals surface area contributed by atoms with Gasteiger partial charge in [0.15, 0.2) is 6.61 Å². The summed E-state index contributed by atoms with van der Waals surface area (Å²) in [7, 11) is -3.67. The molecule has 0 radical (unpaired) electrons. The minimum atomic E-state index is -3.67. The number of carbonyl (C=O) groups excluding carboxylic acids is 1. The van der Waals surface area contributed by atoms with Gasteiger partial charge in [0.1, 0.15) is 5.75 Å². The maximum absolute atomic E-state index is 13.4. The van der Waals surface area contributed by atoms with Gasteiger partial charge in [-0.3, -0.25) is 9.69 Å². The summed E-state index contributed by atoms with van der Waals surface area (Å²) in [5.41, 5.74) is 3.79. The van der Waals surface area contributed by atoms with Gasteiger partial charge in [-0.2, -0.15) is 4.31 Å². The first-order valence-corrected chi connectivity index (χ1v) is 15.7. The predicted molar refractivity (Wildman–Crippen MR) is 165 cm³/mol. The topological polar surface area (TPSA) is 78.9 Å². The van der Waals surface area contributed by atoms with Gasteiger partial charge in [-0.1, -0.05) is 76.6 Å². The van der Waals surface area contributed by atoms with E-state index in [4.69, 9.17) is 4.74 Å². The zero-order valence-electron chi connectivity index (χ0n) is 22.7. The number of benzene rings is 4. The molecule has 5 rings (SSSR count). The molecule has 1 saturated heterocycles. The number of carbonyl (C=O) groups is 1. The number of amides is 1. The molecule has 1 fully saturated rings. The number of hydrogen-bond donors (Lipinski definition) is 1. The van der Waals surface area contributed by atoms with Gasteiger partial charge in [0.2, 0.25) is 10.0 Å². The molecule has 4 aromatic carbocycles. The Morgan fingerprint density at radius 2 is 1.44 bits per heavy atom. The lowest BCUT2D eigenvalue weighted by Gasteiger charge is -2.39. The Hall–Kier alpha value is -3.50. The number of nitrogens with zero attached hydrogens (tertiary/aromatic N) is 2. The third kappa shape index (κ3) is 7.05. The quantitative estimate of drug-likeness (QED) is 0.249. The second-order valence-corrected chi connectivity index (χ2v) is 12.8. The van der Waals surface area contributed by atoms with Gasteiger partial charge in [-0.05, 0) is 66.1 Å². The SMILES string of the molecule is Cc1cc(Br)ccc1OCC(=O)Nc1ccc(S(=O)(=O)N2CCN(C(c3ccccc3)c3ccccc3)CC2)cc1. The first-order chi connectivity index (χ1) is 19.8. The Labute approximate surface area is 249 Å². The van der Waals surface area contributed by atoms with E-state index in [1.165, 1.54) is 23.3 Å². The molecular weight excluding hydrogens is 602 g/mol. The Balaban J connectivity index is 1.20. The van der Waals surface area contributed by atoms with Gasteiger partial charge in [0, 0.05) is 36.3 Å². The van der Waals surface area contributed by atoms with Crippen molar-refractivity contribution in [1.29, 1.82) is 0 Å². The van der Waals surface area contributed by atoms with Gasteiger partial charge in [-0.15, -0.1) is 0 Å². The molecule has 0 saturated carbocycles. The number of aryl methyl sites for hydroxylation is 1. The van der Waals surface area contributed by atoms with E-state index in [0.717, 1.165) is 10.0 Å². The van der Waals surface area contributed by atoms with Crippen LogP contribution in [0.15, 0.2) is 112 Å². The van der Waals surface area contributed by atoms with Crippen LogP contribution in [0.25, 0.3) is 0 Å². The number of piperazine rings is 1. The number of sulfonamides is 1. The number of halogens is 1. The second kappa shape index (κ2) is 13.0. The molecule has 0 aliphatic carbocycles. The summed E-state index contributed by atoms with van der Waals surface area (Å²) < 4.78 is 35.0. The molecular formula is C32H32BrN3O4S. The number of rotatable bonds is 9. The molecule has 0 aromatic heterocycles. The van der Waals surface area contributed by atoms with E-state index in [0.29, 0.717) is 37.6 Å². The summed E-state index contributed by atoms with van der Waals surface area (Å²) in [6.07, 6.45) is 0. The van der Waals surface area contributed by atoms with Crippen LogP contribution in [-0.4, -0.2) is 56.3 Å². The molecule has 9 heteroatoms. The third-order valence-corrected chi connectivity index (χ3v) is 9.55. The van der Waals surface area contributed by atoms with Crippen molar-refractivity contribution in [1.82, 2.24) is 9.21 Å². The number of hydrogen-bond acceptors (Lipinski definition) is 5. The lowest BCUT2D eigenvalue weighted by atomic mass is 9.96. The van der Waals surface area contributed by atoms with E-state index in [9.17, 15) is 13.2 Å². The molecule has 1 amide bonds. The maximum Gasteiger partial charge on any atom is 0.262 e. The molecule has 41 heavy (non-hydrogen) atoms. The van der Waals surface area contributed by atoms with Gasteiger partial charge >= 0.3 is 0 Å². The van der Waals surface area contributed by atoms with Crippen LogP contribution in [0, 0.1) is 6.92 Å². The number of anilines is 1. The molecule has 1 aliphatic heterocycles. The van der Waals surface area contributed by atoms with Crippen molar-refractivity contribution in [3.8, 4) is 5.75 Å². The van der Waals surface area contributed by atoms with Crippen LogP contribution in [0.4, 0.5) is 5.69 Å². The lowest BCUT2D eigenvalue weighted by molar-refractivity contribution is -0.118. The maximum atomic E-state index is 13.4. The van der Waals surface area contributed by atoms with Crippen LogP contribution in [0.1, 0.15) is 22.7 Å². The fourth-order valence-electron chi connectivity index (χ4n) is 5.06. The normalized spacial score (nSPS) is 14.6. The molecule has 1 N–H and O–H groups in total. The van der Waals surface area contributed by atoms with E-state index in [-0.39, 0.29) is 23.5 Å². The van der Waals surface area contributed by atoms with Gasteiger partial charge in [0.05, 0.1) is 10.9 Å². The smallest absolute Gasteiger partial charge is 0.262 e. The first-order valence-electron chi connectivity index (χ1n) is 13.4. The molecule has 4 aromatic rings. The molecule has 0 atom stereocenters. The molecule has 212 valence electrons. The largest absolute Gasteiger partial charge is 0.483 e. The standard InChI is InChI=1S/C32H32BrN3O4S/c1-24-22-27(33)12-17-30(24)40-23-31(37)34-28-13-15-29(16-14-28)41(38,39)36-20-18-35(19-21-36)32(25-8-4-2-5-9-25)26-10-6-3-7-11-26/h2-17,22,32H,18-21,23H2,1H3,(H,34,37). The average Bonchev–Trinajstić information content (AvgIpc) is 2.98. The molecule has 1 aliphatic rings. The summed E-state index contributed by atoms with van der Waals surface area (Å²) in [6, 6.07) is 32.5. The molecule has 0 unspecified atom stereocenters. The molecule has 0 spiro atoms. The molecule has 7 nitrogen and oxygen atoms in total. The fraction of sp³-hybridized carbons (Fsp3) is 0.219. The Morgan fingerprint density at radius 3 is 2.00 bits per heavy atom. The zero-order valence-corrected chi connectivity index (χ0v) is 25.1. The number of ether oxygens (including phenoxy) is 1. The Bertz CT molecular complexity index is 1540. The van der Waals surface area contributed by atoms with Crippen molar-refractivity contribution < 1.29 is 17.9 Å². The zero-order chi connectivity index (χ0) is 28.8. The first kappa shape index (κ1) is 29.0. The summed E-state index contributed by atoms with van der Waals surface area (Å²) in [5.74, 6) is 0.300. The monoisotopic (exact) mass is 633 g/mol. The minimum absolute atomic E-state index is 0.0572. The summed E-state index contributed by atoms with van der Waals surface area (Å²) >= 11 is 3.41. The van der Waals surface area contributed by atoms with Crippen LogP contribution < -0.4 is 10.1 Å². The van der Waals surface area contributed by atoms with E-state index in [2.05, 4.69) is 50.4 Å². The summed E-state index contributed by atoms with van der Waals surface area (Å²) in [5, 5.41) is 2.76. The second-order valence-electron chi connectivity index (χ2n) is 9.94. The van der Waals surface area contributed by atoms with Crippen molar-refractivity contribution in [2.24, 2.45) is 0 Å². The molecule has 1 heterocycles. The highest BCUT2D eigenvalue weighted by Crippen LogP contribution is 2.30. The minimum Gasteiger partial charge on any atom is -0.483 e. The van der Waals surface area contributed by atoms with Crippen molar-refractivity contribution in [2.75, 3.05) is 38.1 Å². The van der Waals surface area contributed by atoms with E-state index in [1.807, 2.05) is 55.5 Å². The molecule has 0 bridgehead atoms. The van der Waals surface area contributed by atoms with E-state index >= 15 is 0 Å². The van der Waals surface area contributed by atoms with Crippen LogP contribution >= 0.6 is 15.9 Å². The van der Waals surface area contributed by atoms with Crippen LogP contribution in [-0.2, 0) is 14.8 Å². The van der Waals surface area contributed by atoms with E-state index in [1.54, 1.807) is 22.5 Å². The van der Waals surface area contributed by atoms with Gasteiger partial charge in [-0.25, -0.2) is 8.42 Å². The highest BCUT2D eigenvalue weighted by atomic mass is 79.9. The summed E-state index contributed by atoms with van der Waals surface area (Å²) in [4.78, 5) is 15.0. The van der Waals surface area contributed by atoms with Gasteiger partial charge < -0.3 is 10.1 Å². The van der Waals surface area contributed by atoms with Crippen molar-refractivity contribution in [3.63, 3.8) is 0 Å². The lowest BCUT2D eigenvalue weighted by Crippen LogP contribution is -2.49. The van der Waals surface area contributed by atoms with Gasteiger partial charge in [0.25, 0.3) is 5.91 Å². The third-order valence-electron chi connectivity index (χ3n) is 7.14. The van der Waals surface area contributed by atoms with Crippen molar-refractivity contribution in [3.05, 3.63) is 124 Å².